The molecule has 0 radical (unpaired) electrons. The van der Waals surface area contributed by atoms with Gasteiger partial charge in [-0.1, -0.05) is 0 Å². The van der Waals surface area contributed by atoms with Crippen LogP contribution in [0.5, 0.6) is 5.75 Å². The van der Waals surface area contributed by atoms with E-state index in [0.717, 1.165) is 6.20 Å². The van der Waals surface area contributed by atoms with Crippen molar-refractivity contribution in [3.8, 4) is 17.1 Å². The third kappa shape index (κ3) is 2.41. The number of ether oxygens (including phenoxy) is 1. The van der Waals surface area contributed by atoms with Gasteiger partial charge in [-0.15, -0.1) is 0 Å². The van der Waals surface area contributed by atoms with Gasteiger partial charge in [0.25, 0.3) is 0 Å². The summed E-state index contributed by atoms with van der Waals surface area (Å²) in [5.41, 5.74) is 1.33. The Morgan fingerprint density at radius 1 is 1.55 bits per heavy atom. The molecule has 0 unspecified atom stereocenters. The van der Waals surface area contributed by atoms with E-state index in [1.54, 1.807) is 14.0 Å². The van der Waals surface area contributed by atoms with Crippen molar-refractivity contribution in [3.63, 3.8) is 0 Å². The Morgan fingerprint density at radius 3 is 2.82 bits per heavy atom. The summed E-state index contributed by atoms with van der Waals surface area (Å²) in [6, 6.07) is 1.45. The third-order valence-corrected chi connectivity index (χ3v) is 3.59. The Morgan fingerprint density at radius 2 is 2.27 bits per heavy atom. The Bertz CT molecular complexity index is 740. The minimum absolute atomic E-state index is 0.0656. The summed E-state index contributed by atoms with van der Waals surface area (Å²) in [7, 11) is 1.54. The van der Waals surface area contributed by atoms with Crippen LogP contribution in [0.1, 0.15) is 16.1 Å². The molecule has 1 fully saturated rings. The molecule has 2 aromatic heterocycles. The van der Waals surface area contributed by atoms with E-state index in [-0.39, 0.29) is 17.5 Å². The lowest BCUT2D eigenvalue weighted by Crippen LogP contribution is -2.50. The normalized spacial score (nSPS) is 14.7. The lowest BCUT2D eigenvalue weighted by atomic mass is 10.1. The molecule has 0 amide bonds. The number of aryl methyl sites for hydroxylation is 1. The van der Waals surface area contributed by atoms with Gasteiger partial charge in [-0.25, -0.2) is 9.18 Å². The van der Waals surface area contributed by atoms with E-state index < -0.39 is 11.8 Å². The maximum Gasteiger partial charge on any atom is 0.354 e. The fourth-order valence-corrected chi connectivity index (χ4v) is 2.34. The highest BCUT2D eigenvalue weighted by molar-refractivity contribution is 5.89. The summed E-state index contributed by atoms with van der Waals surface area (Å²) in [5, 5.41) is 16.4. The molecule has 7 nitrogen and oxygen atoms in total. The molecule has 116 valence electrons. The second-order valence-corrected chi connectivity index (χ2v) is 5.15. The summed E-state index contributed by atoms with van der Waals surface area (Å²) in [6.45, 7) is 2.99. The summed E-state index contributed by atoms with van der Waals surface area (Å²) in [4.78, 5) is 15.2. The Balaban J connectivity index is 1.99. The van der Waals surface area contributed by atoms with Crippen LogP contribution >= 0.6 is 0 Å². The van der Waals surface area contributed by atoms with Gasteiger partial charge in [0.05, 0.1) is 11.9 Å². The van der Waals surface area contributed by atoms with E-state index >= 15 is 0 Å². The van der Waals surface area contributed by atoms with Crippen molar-refractivity contribution < 1.29 is 19.0 Å². The predicted molar refractivity (Wildman–Crippen MR) is 75.4 cm³/mol. The summed E-state index contributed by atoms with van der Waals surface area (Å²) >= 11 is 0. The van der Waals surface area contributed by atoms with E-state index in [1.165, 1.54) is 10.7 Å². The minimum Gasteiger partial charge on any atom is -0.485 e. The zero-order chi connectivity index (χ0) is 15.9. The molecule has 0 spiro atoms. The fraction of sp³-hybridized carbons (Fsp3) is 0.357. The van der Waals surface area contributed by atoms with E-state index in [2.05, 4.69) is 15.4 Å². The number of hydrogen-bond donors (Lipinski definition) is 2. The SMILES string of the molecule is Cc1c(-c2cc(OC3CNC3)c(F)cn2)nn(C)c1C(=O)O. The molecule has 0 bridgehead atoms. The van der Waals surface area contributed by atoms with Crippen LogP contribution in [-0.4, -0.2) is 45.0 Å². The van der Waals surface area contributed by atoms with Gasteiger partial charge in [-0.05, 0) is 6.92 Å². The maximum atomic E-state index is 13.8. The molecule has 1 aliphatic rings. The molecule has 2 aromatic rings. The molecule has 0 aromatic carbocycles. The highest BCUT2D eigenvalue weighted by atomic mass is 19.1. The second-order valence-electron chi connectivity index (χ2n) is 5.15. The smallest absolute Gasteiger partial charge is 0.354 e. The number of nitrogens with zero attached hydrogens (tertiary/aromatic N) is 3. The van der Waals surface area contributed by atoms with Gasteiger partial charge in [0, 0.05) is 31.8 Å². The Hall–Kier alpha value is -2.48. The Labute approximate surface area is 125 Å². The number of halogens is 1. The van der Waals surface area contributed by atoms with Crippen LogP contribution in [0.3, 0.4) is 0 Å². The van der Waals surface area contributed by atoms with E-state index in [1.807, 2.05) is 0 Å². The van der Waals surface area contributed by atoms with Crippen LogP contribution < -0.4 is 10.1 Å². The molecule has 2 N–H and O–H groups in total. The van der Waals surface area contributed by atoms with Crippen molar-refractivity contribution in [3.05, 3.63) is 29.3 Å². The van der Waals surface area contributed by atoms with Crippen molar-refractivity contribution >= 4 is 5.97 Å². The number of pyridine rings is 1. The van der Waals surface area contributed by atoms with Crippen LogP contribution in [0.2, 0.25) is 0 Å². The number of carboxylic acid groups (broad SMARTS) is 1. The number of rotatable bonds is 4. The zero-order valence-electron chi connectivity index (χ0n) is 12.1. The largest absolute Gasteiger partial charge is 0.485 e. The van der Waals surface area contributed by atoms with E-state index in [0.29, 0.717) is 30.0 Å². The van der Waals surface area contributed by atoms with Gasteiger partial charge < -0.3 is 15.2 Å². The first-order chi connectivity index (χ1) is 10.5. The quantitative estimate of drug-likeness (QED) is 0.875. The highest BCUT2D eigenvalue weighted by Gasteiger charge is 2.23. The second kappa shape index (κ2) is 5.38. The molecule has 3 rings (SSSR count). The van der Waals surface area contributed by atoms with Gasteiger partial charge >= 0.3 is 5.97 Å². The molecule has 0 saturated carbocycles. The van der Waals surface area contributed by atoms with Crippen molar-refractivity contribution in [2.45, 2.75) is 13.0 Å². The summed E-state index contributed by atoms with van der Waals surface area (Å²) < 4.78 is 20.6. The third-order valence-electron chi connectivity index (χ3n) is 3.59. The first-order valence-corrected chi connectivity index (χ1v) is 6.77. The maximum absolute atomic E-state index is 13.8. The van der Waals surface area contributed by atoms with Gasteiger partial charge in [-0.3, -0.25) is 9.67 Å². The topological polar surface area (TPSA) is 89.3 Å². The van der Waals surface area contributed by atoms with Crippen LogP contribution in [0.25, 0.3) is 11.4 Å². The van der Waals surface area contributed by atoms with Gasteiger partial charge in [-0.2, -0.15) is 5.10 Å². The molecule has 1 aliphatic heterocycles. The average molecular weight is 306 g/mol. The monoisotopic (exact) mass is 306 g/mol. The standard InChI is InChI=1S/C14H15FN4O3/c1-7-12(18-19(2)13(7)14(20)21)10-3-11(9(15)6-17-10)22-8-4-16-5-8/h3,6,8,16H,4-5H2,1-2H3,(H,20,21). The van der Waals surface area contributed by atoms with Crippen molar-refractivity contribution in [2.75, 3.05) is 13.1 Å². The van der Waals surface area contributed by atoms with E-state index in [9.17, 15) is 14.3 Å². The van der Waals surface area contributed by atoms with Gasteiger partial charge in [0.2, 0.25) is 0 Å². The number of hydrogen-bond acceptors (Lipinski definition) is 5. The summed E-state index contributed by atoms with van der Waals surface area (Å²) in [5.74, 6) is -1.53. The van der Waals surface area contributed by atoms with E-state index in [4.69, 9.17) is 4.74 Å². The molecule has 0 atom stereocenters. The number of aromatic carboxylic acids is 1. The molecule has 3 heterocycles. The van der Waals surface area contributed by atoms with Crippen LogP contribution in [0.15, 0.2) is 12.3 Å². The molecule has 0 aliphatic carbocycles. The summed E-state index contributed by atoms with van der Waals surface area (Å²) in [6.07, 6.45) is 0.995. The minimum atomic E-state index is -1.07. The lowest BCUT2D eigenvalue weighted by Gasteiger charge is -2.27. The molecule has 22 heavy (non-hydrogen) atoms. The predicted octanol–water partition coefficient (Wildman–Crippen LogP) is 0.978. The first-order valence-electron chi connectivity index (χ1n) is 6.77. The van der Waals surface area contributed by atoms with Crippen molar-refractivity contribution in [2.24, 2.45) is 7.05 Å². The van der Waals surface area contributed by atoms with Crippen LogP contribution in [0.4, 0.5) is 4.39 Å². The van der Waals surface area contributed by atoms with Gasteiger partial charge in [0.1, 0.15) is 17.5 Å². The van der Waals surface area contributed by atoms with Crippen molar-refractivity contribution in [1.29, 1.82) is 0 Å². The highest BCUT2D eigenvalue weighted by Crippen LogP contribution is 2.28. The number of carboxylic acids is 1. The van der Waals surface area contributed by atoms with Crippen LogP contribution in [0, 0.1) is 12.7 Å². The number of aromatic nitrogens is 3. The molecular weight excluding hydrogens is 291 g/mol. The molecule has 1 saturated heterocycles. The zero-order valence-corrected chi connectivity index (χ0v) is 12.1. The van der Waals surface area contributed by atoms with Crippen molar-refractivity contribution in [1.82, 2.24) is 20.1 Å². The molecular formula is C14H15FN4O3. The fourth-order valence-electron chi connectivity index (χ4n) is 2.34. The average Bonchev–Trinajstić information content (AvgIpc) is 2.71. The lowest BCUT2D eigenvalue weighted by molar-refractivity contribution is 0.0684. The number of carbonyl (C=O) groups is 1. The molecule has 8 heteroatoms. The van der Waals surface area contributed by atoms with Gasteiger partial charge in [0.15, 0.2) is 11.6 Å². The first kappa shape index (κ1) is 14.5. The number of nitrogens with one attached hydrogen (secondary N) is 1. The Kier molecular flexibility index (Phi) is 3.53. The van der Waals surface area contributed by atoms with Crippen LogP contribution in [-0.2, 0) is 7.05 Å².